The van der Waals surface area contributed by atoms with E-state index in [9.17, 15) is 18.3 Å². The third-order valence-corrected chi connectivity index (χ3v) is 4.16. The summed E-state index contributed by atoms with van der Waals surface area (Å²) >= 11 is 0. The molecule has 1 unspecified atom stereocenters. The van der Waals surface area contributed by atoms with Crippen molar-refractivity contribution in [2.75, 3.05) is 34.3 Å². The van der Waals surface area contributed by atoms with Crippen molar-refractivity contribution in [1.29, 1.82) is 0 Å². The first kappa shape index (κ1) is 22.2. The summed E-state index contributed by atoms with van der Waals surface area (Å²) in [7, 11) is 5.54. The Bertz CT molecular complexity index is 733. The largest absolute Gasteiger partial charge is 0.491 e. The van der Waals surface area contributed by atoms with Crippen LogP contribution in [0.15, 0.2) is 48.5 Å². The summed E-state index contributed by atoms with van der Waals surface area (Å²) in [6.07, 6.45) is -4.93. The first-order valence-electron chi connectivity index (χ1n) is 9.03. The first-order valence-corrected chi connectivity index (χ1v) is 9.03. The fourth-order valence-electron chi connectivity index (χ4n) is 2.95. The Kier molecular flexibility index (Phi) is 7.86. The number of aliphatic hydroxyl groups is 1. The number of likely N-dealkylation sites (N-methyl/N-ethyl adjacent to an activating group) is 1. The molecule has 4 nitrogen and oxygen atoms in total. The van der Waals surface area contributed by atoms with Crippen LogP contribution in [0.25, 0.3) is 0 Å². The molecule has 0 aliphatic rings. The molecule has 28 heavy (non-hydrogen) atoms. The summed E-state index contributed by atoms with van der Waals surface area (Å²) in [6.45, 7) is 1.42. The van der Waals surface area contributed by atoms with Crippen LogP contribution in [0.3, 0.4) is 0 Å². The van der Waals surface area contributed by atoms with Gasteiger partial charge in [0, 0.05) is 19.6 Å². The monoisotopic (exact) mass is 396 g/mol. The van der Waals surface area contributed by atoms with E-state index in [-0.39, 0.29) is 18.7 Å². The minimum Gasteiger partial charge on any atom is -0.491 e. The second-order valence-corrected chi connectivity index (χ2v) is 7.20. The van der Waals surface area contributed by atoms with Crippen LogP contribution in [0.2, 0.25) is 0 Å². The lowest BCUT2D eigenvalue weighted by Gasteiger charge is -2.20. The highest BCUT2D eigenvalue weighted by Gasteiger charge is 2.32. The van der Waals surface area contributed by atoms with Crippen molar-refractivity contribution in [3.05, 3.63) is 65.2 Å². The molecule has 0 aliphatic carbocycles. The standard InChI is InChI=1S/C21H27F3N2O2/c1-25(2)14-18(27)15-28-19-10-8-16(9-11-19)12-26(3)13-17-6-4-5-7-20(17)21(22,23)24/h4-11,18,27H,12-15H2,1-3H3. The number of hydrogen-bond donors (Lipinski definition) is 1. The second-order valence-electron chi connectivity index (χ2n) is 7.20. The van der Waals surface area contributed by atoms with Crippen molar-refractivity contribution in [3.63, 3.8) is 0 Å². The molecule has 0 bridgehead atoms. The van der Waals surface area contributed by atoms with Crippen molar-refractivity contribution in [1.82, 2.24) is 9.80 Å². The molecule has 2 aromatic rings. The van der Waals surface area contributed by atoms with Crippen molar-refractivity contribution in [2.45, 2.75) is 25.4 Å². The van der Waals surface area contributed by atoms with Crippen LogP contribution in [-0.4, -0.2) is 55.3 Å². The van der Waals surface area contributed by atoms with Crippen LogP contribution < -0.4 is 4.74 Å². The molecule has 2 aromatic carbocycles. The van der Waals surface area contributed by atoms with Crippen LogP contribution in [0.5, 0.6) is 5.75 Å². The number of aliphatic hydroxyl groups excluding tert-OH is 1. The summed E-state index contributed by atoms with van der Waals surface area (Å²) in [6, 6.07) is 13.0. The lowest BCUT2D eigenvalue weighted by molar-refractivity contribution is -0.138. The van der Waals surface area contributed by atoms with Gasteiger partial charge in [0.05, 0.1) is 5.56 Å². The van der Waals surface area contributed by atoms with Gasteiger partial charge in [-0.1, -0.05) is 30.3 Å². The van der Waals surface area contributed by atoms with Crippen LogP contribution in [0.4, 0.5) is 13.2 Å². The summed E-state index contributed by atoms with van der Waals surface area (Å²) in [4.78, 5) is 3.71. The molecule has 0 radical (unpaired) electrons. The molecule has 0 heterocycles. The van der Waals surface area contributed by atoms with Crippen LogP contribution in [0.1, 0.15) is 16.7 Å². The molecule has 7 heteroatoms. The second kappa shape index (κ2) is 9.91. The zero-order chi connectivity index (χ0) is 20.7. The van der Waals surface area contributed by atoms with E-state index in [4.69, 9.17) is 4.74 Å². The SMILES string of the molecule is CN(C)CC(O)COc1ccc(CN(C)Cc2ccccc2C(F)(F)F)cc1. The molecule has 0 fully saturated rings. The van der Waals surface area contributed by atoms with Gasteiger partial charge >= 0.3 is 6.18 Å². The van der Waals surface area contributed by atoms with Gasteiger partial charge in [-0.05, 0) is 50.5 Å². The molecule has 0 amide bonds. The molecular weight excluding hydrogens is 369 g/mol. The third kappa shape index (κ3) is 7.14. The van der Waals surface area contributed by atoms with Crippen LogP contribution >= 0.6 is 0 Å². The summed E-state index contributed by atoms with van der Waals surface area (Å²) in [5.41, 5.74) is 0.627. The zero-order valence-corrected chi connectivity index (χ0v) is 16.4. The molecule has 1 atom stereocenters. The van der Waals surface area contributed by atoms with Gasteiger partial charge in [0.25, 0.3) is 0 Å². The van der Waals surface area contributed by atoms with E-state index in [0.717, 1.165) is 11.6 Å². The number of ether oxygens (including phenoxy) is 1. The molecular formula is C21H27F3N2O2. The van der Waals surface area contributed by atoms with Crippen molar-refractivity contribution in [3.8, 4) is 5.75 Å². The van der Waals surface area contributed by atoms with Gasteiger partial charge in [0.2, 0.25) is 0 Å². The number of halogens is 3. The minimum absolute atomic E-state index is 0.199. The normalized spacial score (nSPS) is 13.2. The van der Waals surface area contributed by atoms with Gasteiger partial charge in [0.15, 0.2) is 0 Å². The number of hydrogen-bond acceptors (Lipinski definition) is 4. The first-order chi connectivity index (χ1) is 13.1. The van der Waals surface area contributed by atoms with E-state index < -0.39 is 17.8 Å². The van der Waals surface area contributed by atoms with Crippen LogP contribution in [0, 0.1) is 0 Å². The molecule has 0 spiro atoms. The molecule has 0 saturated heterocycles. The topological polar surface area (TPSA) is 35.9 Å². The molecule has 1 N–H and O–H groups in total. The van der Waals surface area contributed by atoms with E-state index in [1.54, 1.807) is 25.2 Å². The highest BCUT2D eigenvalue weighted by molar-refractivity contribution is 5.30. The Balaban J connectivity index is 1.90. The van der Waals surface area contributed by atoms with Gasteiger partial charge in [0.1, 0.15) is 18.5 Å². The average Bonchev–Trinajstić information content (AvgIpc) is 2.60. The van der Waals surface area contributed by atoms with Gasteiger partial charge in [-0.15, -0.1) is 0 Å². The maximum atomic E-state index is 13.1. The van der Waals surface area contributed by atoms with E-state index in [1.165, 1.54) is 12.1 Å². The van der Waals surface area contributed by atoms with Gasteiger partial charge in [-0.3, -0.25) is 4.90 Å². The predicted octanol–water partition coefficient (Wildman–Crippen LogP) is 3.64. The van der Waals surface area contributed by atoms with Gasteiger partial charge < -0.3 is 14.7 Å². The predicted molar refractivity (Wildman–Crippen MR) is 103 cm³/mol. The fraction of sp³-hybridized carbons (Fsp3) is 0.429. The van der Waals surface area contributed by atoms with Crippen LogP contribution in [-0.2, 0) is 19.3 Å². The van der Waals surface area contributed by atoms with Crippen molar-refractivity contribution < 1.29 is 23.0 Å². The van der Waals surface area contributed by atoms with E-state index in [0.29, 0.717) is 18.8 Å². The van der Waals surface area contributed by atoms with E-state index in [2.05, 4.69) is 0 Å². The van der Waals surface area contributed by atoms with Gasteiger partial charge in [-0.25, -0.2) is 0 Å². The highest BCUT2D eigenvalue weighted by Crippen LogP contribution is 2.32. The summed E-state index contributed by atoms with van der Waals surface area (Å²) < 4.78 is 44.9. The highest BCUT2D eigenvalue weighted by atomic mass is 19.4. The lowest BCUT2D eigenvalue weighted by atomic mass is 10.1. The van der Waals surface area contributed by atoms with E-state index in [1.807, 2.05) is 36.0 Å². The Morgan fingerprint density at radius 1 is 0.964 bits per heavy atom. The lowest BCUT2D eigenvalue weighted by Crippen LogP contribution is -2.30. The molecule has 154 valence electrons. The molecule has 0 saturated carbocycles. The van der Waals surface area contributed by atoms with Crippen molar-refractivity contribution in [2.24, 2.45) is 0 Å². The number of alkyl halides is 3. The average molecular weight is 396 g/mol. The molecule has 0 aliphatic heterocycles. The number of nitrogens with zero attached hydrogens (tertiary/aromatic N) is 2. The summed E-state index contributed by atoms with van der Waals surface area (Å²) in [5, 5.41) is 9.82. The number of rotatable bonds is 9. The van der Waals surface area contributed by atoms with E-state index >= 15 is 0 Å². The third-order valence-electron chi connectivity index (χ3n) is 4.16. The van der Waals surface area contributed by atoms with Crippen molar-refractivity contribution >= 4 is 0 Å². The maximum absolute atomic E-state index is 13.1. The quantitative estimate of drug-likeness (QED) is 0.702. The molecule has 0 aromatic heterocycles. The molecule has 2 rings (SSSR count). The Morgan fingerprint density at radius 3 is 2.21 bits per heavy atom. The Labute approximate surface area is 164 Å². The van der Waals surface area contributed by atoms with Gasteiger partial charge in [-0.2, -0.15) is 13.2 Å². The minimum atomic E-state index is -4.35. The Morgan fingerprint density at radius 2 is 1.61 bits per heavy atom. The number of benzene rings is 2. The maximum Gasteiger partial charge on any atom is 0.416 e. The Hall–Kier alpha value is -2.09. The fourth-order valence-corrected chi connectivity index (χ4v) is 2.95. The summed E-state index contributed by atoms with van der Waals surface area (Å²) in [5.74, 6) is 0.645. The zero-order valence-electron chi connectivity index (χ0n) is 16.4. The smallest absolute Gasteiger partial charge is 0.416 e.